The smallest absolute Gasteiger partial charge is 0.187 e. The molecule has 0 spiro atoms. The summed E-state index contributed by atoms with van der Waals surface area (Å²) in [5.74, 6) is 0.285. The Morgan fingerprint density at radius 3 is 1.72 bits per heavy atom. The van der Waals surface area contributed by atoms with Gasteiger partial charge in [-0.1, -0.05) is 117 Å². The molecular formula is C37H48O6. The number of rotatable bonds is 14. The highest BCUT2D eigenvalue weighted by molar-refractivity contribution is 5.15. The van der Waals surface area contributed by atoms with Crippen molar-refractivity contribution in [2.45, 2.75) is 115 Å². The highest BCUT2D eigenvalue weighted by Gasteiger charge is 2.49. The van der Waals surface area contributed by atoms with Gasteiger partial charge in [0, 0.05) is 0 Å². The van der Waals surface area contributed by atoms with Crippen LogP contribution < -0.4 is 0 Å². The van der Waals surface area contributed by atoms with Gasteiger partial charge in [-0.2, -0.15) is 0 Å². The maximum Gasteiger partial charge on any atom is 0.187 e. The van der Waals surface area contributed by atoms with Gasteiger partial charge in [0.1, 0.15) is 18.3 Å². The number of hydrogen-bond donors (Lipinski definition) is 1. The summed E-state index contributed by atoms with van der Waals surface area (Å²) in [5, 5.41) is 11.1. The van der Waals surface area contributed by atoms with Crippen LogP contribution in [-0.4, -0.2) is 48.0 Å². The maximum atomic E-state index is 11.1. The fraction of sp³-hybridized carbons (Fsp3) is 0.514. The Labute approximate surface area is 257 Å². The first-order valence-corrected chi connectivity index (χ1v) is 16.1. The zero-order valence-electron chi connectivity index (χ0n) is 25.6. The van der Waals surface area contributed by atoms with Crippen molar-refractivity contribution in [2.75, 3.05) is 0 Å². The second-order valence-electron chi connectivity index (χ2n) is 12.0. The average molecular weight is 589 g/mol. The van der Waals surface area contributed by atoms with Gasteiger partial charge in [0.15, 0.2) is 6.29 Å². The van der Waals surface area contributed by atoms with Crippen LogP contribution in [0.3, 0.4) is 0 Å². The van der Waals surface area contributed by atoms with Gasteiger partial charge in [-0.25, -0.2) is 0 Å². The lowest BCUT2D eigenvalue weighted by Gasteiger charge is -2.47. The molecule has 1 saturated carbocycles. The average Bonchev–Trinajstić information content (AvgIpc) is 3.04. The molecule has 8 atom stereocenters. The zero-order valence-corrected chi connectivity index (χ0v) is 25.6. The largest absolute Gasteiger partial charge is 0.390 e. The van der Waals surface area contributed by atoms with Gasteiger partial charge in [-0.05, 0) is 48.8 Å². The van der Waals surface area contributed by atoms with Crippen LogP contribution in [0.25, 0.3) is 0 Å². The molecule has 1 saturated heterocycles. The second-order valence-corrected chi connectivity index (χ2v) is 12.0. The van der Waals surface area contributed by atoms with Crippen molar-refractivity contribution < 1.29 is 28.8 Å². The number of hydrogen-bond acceptors (Lipinski definition) is 6. The van der Waals surface area contributed by atoms with Gasteiger partial charge in [0.25, 0.3) is 0 Å². The van der Waals surface area contributed by atoms with E-state index < -0.39 is 30.7 Å². The Morgan fingerprint density at radius 1 is 0.674 bits per heavy atom. The molecule has 0 unspecified atom stereocenters. The van der Waals surface area contributed by atoms with Crippen molar-refractivity contribution in [1.82, 2.24) is 0 Å². The summed E-state index contributed by atoms with van der Waals surface area (Å²) < 4.78 is 33.3. The molecule has 6 heteroatoms. The lowest BCUT2D eigenvalue weighted by Crippen LogP contribution is -2.61. The first-order valence-electron chi connectivity index (χ1n) is 16.1. The van der Waals surface area contributed by atoms with Crippen LogP contribution in [0.2, 0.25) is 0 Å². The molecule has 3 aromatic carbocycles. The van der Waals surface area contributed by atoms with Crippen molar-refractivity contribution in [3.63, 3.8) is 0 Å². The molecule has 2 aliphatic rings. The Morgan fingerprint density at radius 2 is 1.19 bits per heavy atom. The monoisotopic (exact) mass is 588 g/mol. The van der Waals surface area contributed by atoms with Gasteiger partial charge in [0.2, 0.25) is 0 Å². The molecule has 43 heavy (non-hydrogen) atoms. The van der Waals surface area contributed by atoms with Gasteiger partial charge >= 0.3 is 0 Å². The highest BCUT2D eigenvalue weighted by Crippen LogP contribution is 2.36. The number of ether oxygens (including phenoxy) is 5. The molecule has 1 aliphatic carbocycles. The van der Waals surface area contributed by atoms with Crippen LogP contribution in [0.1, 0.15) is 69.1 Å². The van der Waals surface area contributed by atoms with E-state index in [1.165, 1.54) is 0 Å². The topological polar surface area (TPSA) is 66.4 Å². The molecule has 0 radical (unpaired) electrons. The number of aliphatic hydroxyl groups excluding tert-OH is 1. The summed E-state index contributed by atoms with van der Waals surface area (Å²) in [6.45, 7) is 5.45. The standard InChI is InChI=1S/C37H48O6/c1-3-4-21-31-22-14-23-32(38)34(31)43-37-36(41-26-30-19-12-7-13-20-30)35(40-25-29-17-10-6-11-18-29)33(27(2)42-37)39-24-28-15-8-5-9-16-28/h5-13,15-20,27,31-38H,3-4,14,21-26H2,1-2H3/t27-,31+,32-,33+,34-,35+,36-,37-/m1/s1. The van der Waals surface area contributed by atoms with Crippen molar-refractivity contribution in [1.29, 1.82) is 0 Å². The van der Waals surface area contributed by atoms with Crippen LogP contribution >= 0.6 is 0 Å². The van der Waals surface area contributed by atoms with E-state index in [2.05, 4.69) is 43.3 Å². The number of unbranched alkanes of at least 4 members (excludes halogenated alkanes) is 1. The zero-order chi connectivity index (χ0) is 29.9. The van der Waals surface area contributed by atoms with Gasteiger partial charge in [0.05, 0.1) is 38.1 Å². The molecule has 2 fully saturated rings. The fourth-order valence-corrected chi connectivity index (χ4v) is 6.34. The quantitative estimate of drug-likeness (QED) is 0.214. The molecule has 0 aromatic heterocycles. The molecular weight excluding hydrogens is 540 g/mol. The minimum atomic E-state index is -0.710. The Bertz CT molecular complexity index is 1180. The number of aliphatic hydroxyl groups is 1. The van der Waals surface area contributed by atoms with Crippen LogP contribution in [0.4, 0.5) is 0 Å². The molecule has 1 heterocycles. The predicted molar refractivity (Wildman–Crippen MR) is 167 cm³/mol. The normalized spacial score (nSPS) is 29.4. The molecule has 0 amide bonds. The highest BCUT2D eigenvalue weighted by atomic mass is 16.7. The lowest BCUT2D eigenvalue weighted by atomic mass is 9.81. The fourth-order valence-electron chi connectivity index (χ4n) is 6.34. The van der Waals surface area contributed by atoms with Crippen LogP contribution in [0, 0.1) is 5.92 Å². The summed E-state index contributed by atoms with van der Waals surface area (Å²) in [6.07, 6.45) is 2.79. The van der Waals surface area contributed by atoms with Crippen LogP contribution in [0.5, 0.6) is 0 Å². The minimum Gasteiger partial charge on any atom is -0.390 e. The van der Waals surface area contributed by atoms with E-state index in [4.69, 9.17) is 23.7 Å². The van der Waals surface area contributed by atoms with Crippen LogP contribution in [-0.2, 0) is 43.5 Å². The van der Waals surface area contributed by atoms with Crippen molar-refractivity contribution in [2.24, 2.45) is 5.92 Å². The first kappa shape index (κ1) is 31.8. The van der Waals surface area contributed by atoms with Crippen molar-refractivity contribution in [3.05, 3.63) is 108 Å². The Balaban J connectivity index is 1.42. The maximum absolute atomic E-state index is 11.1. The first-order chi connectivity index (χ1) is 21.1. The van der Waals surface area contributed by atoms with Crippen molar-refractivity contribution in [3.8, 4) is 0 Å². The van der Waals surface area contributed by atoms with E-state index in [1.54, 1.807) is 0 Å². The molecule has 1 N–H and O–H groups in total. The van der Waals surface area contributed by atoms with E-state index in [0.29, 0.717) is 19.8 Å². The Hall–Kier alpha value is -2.58. The second kappa shape index (κ2) is 16.5. The van der Waals surface area contributed by atoms with Gasteiger partial charge < -0.3 is 28.8 Å². The third-order valence-electron chi connectivity index (χ3n) is 8.72. The SMILES string of the molecule is CCCC[C@H]1CCC[C@@H](O)[C@@H]1O[C@H]1O[C@H](C)[C@H](OCc2ccccc2)[C@H](OCc2ccccc2)[C@H]1OCc1ccccc1. The molecule has 6 nitrogen and oxygen atoms in total. The molecule has 3 aromatic rings. The Kier molecular flexibility index (Phi) is 12.2. The van der Waals surface area contributed by atoms with E-state index in [9.17, 15) is 5.11 Å². The van der Waals surface area contributed by atoms with E-state index in [-0.39, 0.29) is 18.1 Å². The minimum absolute atomic E-state index is 0.285. The molecule has 0 bridgehead atoms. The third kappa shape index (κ3) is 8.98. The summed E-state index contributed by atoms with van der Waals surface area (Å²) in [6, 6.07) is 30.5. The lowest BCUT2D eigenvalue weighted by molar-refractivity contribution is -0.338. The summed E-state index contributed by atoms with van der Waals surface area (Å²) >= 11 is 0. The molecule has 5 rings (SSSR count). The summed E-state index contributed by atoms with van der Waals surface area (Å²) in [4.78, 5) is 0. The third-order valence-corrected chi connectivity index (χ3v) is 8.72. The van der Waals surface area contributed by atoms with Crippen LogP contribution in [0.15, 0.2) is 91.0 Å². The molecule has 232 valence electrons. The molecule has 1 aliphatic heterocycles. The van der Waals surface area contributed by atoms with Gasteiger partial charge in [-0.3, -0.25) is 0 Å². The van der Waals surface area contributed by atoms with Gasteiger partial charge in [-0.15, -0.1) is 0 Å². The van der Waals surface area contributed by atoms with Crippen molar-refractivity contribution >= 4 is 0 Å². The van der Waals surface area contributed by atoms with E-state index >= 15 is 0 Å². The number of benzene rings is 3. The van der Waals surface area contributed by atoms with E-state index in [1.807, 2.05) is 61.5 Å². The summed E-state index contributed by atoms with van der Waals surface area (Å²) in [7, 11) is 0. The predicted octanol–water partition coefficient (Wildman–Crippen LogP) is 7.22. The van der Waals surface area contributed by atoms with E-state index in [0.717, 1.165) is 55.2 Å². The summed E-state index contributed by atoms with van der Waals surface area (Å²) in [5.41, 5.74) is 3.22.